The van der Waals surface area contributed by atoms with E-state index in [4.69, 9.17) is 14.2 Å². The number of pyridine rings is 1. The van der Waals surface area contributed by atoms with Gasteiger partial charge in [0.25, 0.3) is 0 Å². The lowest BCUT2D eigenvalue weighted by molar-refractivity contribution is -0.143. The highest BCUT2D eigenvalue weighted by molar-refractivity contribution is 5.69. The number of rotatable bonds is 13. The summed E-state index contributed by atoms with van der Waals surface area (Å²) in [6, 6.07) is 13.8. The summed E-state index contributed by atoms with van der Waals surface area (Å²) in [6.45, 7) is 6.53. The van der Waals surface area contributed by atoms with Crippen LogP contribution < -0.4 is 14.4 Å². The van der Waals surface area contributed by atoms with Crippen LogP contribution in [0.4, 0.5) is 5.82 Å². The van der Waals surface area contributed by atoms with Crippen LogP contribution >= 0.6 is 0 Å². The van der Waals surface area contributed by atoms with Gasteiger partial charge < -0.3 is 19.1 Å². The summed E-state index contributed by atoms with van der Waals surface area (Å²) in [5.41, 5.74) is 2.00. The molecule has 8 heteroatoms. The van der Waals surface area contributed by atoms with Crippen LogP contribution in [0.25, 0.3) is 0 Å². The Balaban J connectivity index is 1.52. The van der Waals surface area contributed by atoms with Crippen LogP contribution in [0.15, 0.2) is 54.9 Å². The Morgan fingerprint density at radius 1 is 1.06 bits per heavy atom. The Morgan fingerprint density at radius 2 is 1.88 bits per heavy atom. The molecule has 2 aromatic heterocycles. The number of aromatic nitrogens is 3. The molecule has 0 N–H and O–H groups in total. The summed E-state index contributed by atoms with van der Waals surface area (Å²) >= 11 is 0. The molecule has 0 spiro atoms. The van der Waals surface area contributed by atoms with E-state index < -0.39 is 0 Å². The number of hydrogen-bond acceptors (Lipinski definition) is 7. The van der Waals surface area contributed by atoms with E-state index in [9.17, 15) is 4.79 Å². The van der Waals surface area contributed by atoms with Gasteiger partial charge in [-0.1, -0.05) is 18.2 Å². The highest BCUT2D eigenvalue weighted by atomic mass is 16.5. The van der Waals surface area contributed by atoms with Gasteiger partial charge in [-0.25, -0.2) is 4.98 Å². The normalized spacial score (nSPS) is 10.6. The number of ether oxygens (including phenoxy) is 3. The minimum absolute atomic E-state index is 0.213. The summed E-state index contributed by atoms with van der Waals surface area (Å²) in [7, 11) is 2.00. The minimum Gasteiger partial charge on any atom is -0.492 e. The van der Waals surface area contributed by atoms with E-state index in [2.05, 4.69) is 15.0 Å². The third-order valence-electron chi connectivity index (χ3n) is 4.99. The number of likely N-dealkylation sites (N-methyl/N-ethyl adjacent to an activating group) is 1. The highest BCUT2D eigenvalue weighted by Gasteiger charge is 2.13. The summed E-state index contributed by atoms with van der Waals surface area (Å²) < 4.78 is 18.4. The van der Waals surface area contributed by atoms with Crippen LogP contribution in [-0.2, 0) is 22.5 Å². The van der Waals surface area contributed by atoms with Crippen molar-refractivity contribution in [3.8, 4) is 11.6 Å². The predicted molar refractivity (Wildman–Crippen MR) is 127 cm³/mol. The average molecular weight is 453 g/mol. The first kappa shape index (κ1) is 24.1. The molecule has 8 nitrogen and oxygen atoms in total. The Hall–Kier alpha value is -3.55. The van der Waals surface area contributed by atoms with Gasteiger partial charge in [0.05, 0.1) is 26.3 Å². The van der Waals surface area contributed by atoms with Crippen molar-refractivity contribution in [2.24, 2.45) is 0 Å². The maximum absolute atomic E-state index is 11.7. The first-order valence-electron chi connectivity index (χ1n) is 11.3. The number of nitrogens with zero attached hydrogens (tertiary/aromatic N) is 4. The van der Waals surface area contributed by atoms with Crippen molar-refractivity contribution in [3.63, 3.8) is 0 Å². The van der Waals surface area contributed by atoms with Gasteiger partial charge in [0.2, 0.25) is 5.88 Å². The van der Waals surface area contributed by atoms with Crippen molar-refractivity contribution in [2.45, 2.75) is 33.2 Å². The summed E-state index contributed by atoms with van der Waals surface area (Å²) in [4.78, 5) is 18.1. The molecule has 0 aliphatic rings. The van der Waals surface area contributed by atoms with Crippen LogP contribution in [-0.4, -0.2) is 54.1 Å². The molecule has 0 aliphatic heterocycles. The van der Waals surface area contributed by atoms with Gasteiger partial charge in [0.1, 0.15) is 18.2 Å². The van der Waals surface area contributed by atoms with Gasteiger partial charge in [-0.05, 0) is 50.1 Å². The van der Waals surface area contributed by atoms with Crippen molar-refractivity contribution in [2.75, 3.05) is 38.3 Å². The van der Waals surface area contributed by atoms with E-state index in [1.54, 1.807) is 13.1 Å². The largest absolute Gasteiger partial charge is 0.492 e. The molecule has 33 heavy (non-hydrogen) atoms. The standard InChI is InChI=1S/C25H32N4O4/c1-4-31-24(30)14-11-21-19-29(27-25(21)32-5-2)18-20-9-12-22(13-10-20)33-17-16-28(3)23-8-6-7-15-26-23/h6-10,12-13,15,19H,4-5,11,14,16-18H2,1-3H3. The van der Waals surface area contributed by atoms with Crippen LogP contribution in [0, 0.1) is 0 Å². The second-order valence-electron chi connectivity index (χ2n) is 7.50. The van der Waals surface area contributed by atoms with Gasteiger partial charge in [-0.15, -0.1) is 5.10 Å². The first-order valence-corrected chi connectivity index (χ1v) is 11.3. The topological polar surface area (TPSA) is 78.7 Å². The molecule has 0 fully saturated rings. The fraction of sp³-hybridized carbons (Fsp3) is 0.400. The molecule has 176 valence electrons. The maximum Gasteiger partial charge on any atom is 0.306 e. The van der Waals surface area contributed by atoms with Crippen LogP contribution in [0.1, 0.15) is 31.4 Å². The van der Waals surface area contributed by atoms with Crippen molar-refractivity contribution < 1.29 is 19.0 Å². The Labute approximate surface area is 195 Å². The van der Waals surface area contributed by atoms with E-state index in [0.29, 0.717) is 45.1 Å². The fourth-order valence-electron chi connectivity index (χ4n) is 3.30. The molecule has 0 aliphatic carbocycles. The molecule has 0 saturated heterocycles. The van der Waals surface area contributed by atoms with E-state index in [1.165, 1.54) is 0 Å². The number of esters is 1. The molecule has 3 aromatic rings. The zero-order chi connectivity index (χ0) is 23.5. The summed E-state index contributed by atoms with van der Waals surface area (Å²) in [6.07, 6.45) is 4.56. The molecule has 0 unspecified atom stereocenters. The molecule has 0 amide bonds. The molecule has 1 aromatic carbocycles. The first-order chi connectivity index (χ1) is 16.1. The van der Waals surface area contributed by atoms with Gasteiger partial charge >= 0.3 is 5.97 Å². The van der Waals surface area contributed by atoms with Crippen molar-refractivity contribution in [3.05, 3.63) is 66.0 Å². The number of benzene rings is 1. The fourth-order valence-corrected chi connectivity index (χ4v) is 3.30. The zero-order valence-electron chi connectivity index (χ0n) is 19.6. The predicted octanol–water partition coefficient (Wildman–Crippen LogP) is 3.74. The Morgan fingerprint density at radius 3 is 2.58 bits per heavy atom. The monoisotopic (exact) mass is 452 g/mol. The lowest BCUT2D eigenvalue weighted by Gasteiger charge is -2.18. The average Bonchev–Trinajstić information content (AvgIpc) is 3.21. The second kappa shape index (κ2) is 12.5. The van der Waals surface area contributed by atoms with E-state index in [-0.39, 0.29) is 5.97 Å². The van der Waals surface area contributed by atoms with Gasteiger partial charge in [0.15, 0.2) is 0 Å². The number of carbonyl (C=O) groups excluding carboxylic acids is 1. The summed E-state index contributed by atoms with van der Waals surface area (Å²) in [5, 5.41) is 4.54. The zero-order valence-corrected chi connectivity index (χ0v) is 19.6. The van der Waals surface area contributed by atoms with Crippen molar-refractivity contribution >= 4 is 11.8 Å². The van der Waals surface area contributed by atoms with Crippen LogP contribution in [0.2, 0.25) is 0 Å². The lowest BCUT2D eigenvalue weighted by atomic mass is 10.2. The lowest BCUT2D eigenvalue weighted by Crippen LogP contribution is -2.24. The smallest absolute Gasteiger partial charge is 0.306 e. The maximum atomic E-state index is 11.7. The van der Waals surface area contributed by atoms with Crippen molar-refractivity contribution in [1.82, 2.24) is 14.8 Å². The molecule has 0 bridgehead atoms. The van der Waals surface area contributed by atoms with E-state index >= 15 is 0 Å². The van der Waals surface area contributed by atoms with Crippen LogP contribution in [0.3, 0.4) is 0 Å². The number of carbonyl (C=O) groups is 1. The third kappa shape index (κ3) is 7.52. The molecule has 0 saturated carbocycles. The minimum atomic E-state index is -0.213. The Bertz CT molecular complexity index is 989. The molecule has 2 heterocycles. The summed E-state index contributed by atoms with van der Waals surface area (Å²) in [5.74, 6) is 2.09. The quantitative estimate of drug-likeness (QED) is 0.366. The highest BCUT2D eigenvalue weighted by Crippen LogP contribution is 2.20. The van der Waals surface area contributed by atoms with Crippen LogP contribution in [0.5, 0.6) is 11.6 Å². The van der Waals surface area contributed by atoms with Gasteiger partial charge in [-0.2, -0.15) is 0 Å². The molecular formula is C25H32N4O4. The van der Waals surface area contributed by atoms with E-state index in [0.717, 1.165) is 29.2 Å². The number of hydrogen-bond donors (Lipinski definition) is 0. The number of anilines is 1. The Kier molecular flexibility index (Phi) is 9.11. The van der Waals surface area contributed by atoms with Gasteiger partial charge in [-0.3, -0.25) is 9.48 Å². The molecule has 0 atom stereocenters. The molecule has 0 radical (unpaired) electrons. The van der Waals surface area contributed by atoms with Gasteiger partial charge in [0, 0.05) is 31.4 Å². The number of aryl methyl sites for hydroxylation is 1. The SMILES string of the molecule is CCOC(=O)CCc1cn(Cc2ccc(OCCN(C)c3ccccn3)cc2)nc1OCC. The van der Waals surface area contributed by atoms with Crippen molar-refractivity contribution in [1.29, 1.82) is 0 Å². The second-order valence-corrected chi connectivity index (χ2v) is 7.50. The molecule has 3 rings (SSSR count). The third-order valence-corrected chi connectivity index (χ3v) is 4.99. The van der Waals surface area contributed by atoms with E-state index in [1.807, 2.05) is 67.3 Å². The molecular weight excluding hydrogens is 420 g/mol.